The minimum absolute atomic E-state index is 0.0156. The molecule has 1 aliphatic rings. The van der Waals surface area contributed by atoms with Gasteiger partial charge in [0.25, 0.3) is 0 Å². The van der Waals surface area contributed by atoms with Gasteiger partial charge in [0.15, 0.2) is 0 Å². The van der Waals surface area contributed by atoms with Crippen molar-refractivity contribution in [2.75, 3.05) is 34.8 Å². The predicted molar refractivity (Wildman–Crippen MR) is 252 cm³/mol. The number of hydrogen-bond donors (Lipinski definition) is 3. The lowest BCUT2D eigenvalue weighted by Crippen LogP contribution is -2.33. The quantitative estimate of drug-likeness (QED) is 0.0531. The molecule has 3 N–H and O–H groups in total. The van der Waals surface area contributed by atoms with E-state index in [0.29, 0.717) is 25.6 Å². The highest BCUT2D eigenvalue weighted by Crippen LogP contribution is 2.54. The number of para-hydroxylation sites is 1. The van der Waals surface area contributed by atoms with Gasteiger partial charge in [-0.3, -0.25) is 14.4 Å². The summed E-state index contributed by atoms with van der Waals surface area (Å²) in [6, 6.07) is 14.9. The SMILES string of the molecule is CCCCCCN(C(C)=O)c1ccc(NCCC(=O)O)c(C(C)(C)C/C=C/C(C/C=C2/N(CCC(=O)O)c3ccccc3C2(CCCCCC)CCCCCC)C(C)C)c1. The topological polar surface area (TPSA) is 110 Å². The third kappa shape index (κ3) is 14.8. The molecule has 1 amide bonds. The number of nitrogens with one attached hydrogen (secondary N) is 1. The largest absolute Gasteiger partial charge is 0.481 e. The molecule has 0 saturated heterocycles. The number of allylic oxidation sites excluding steroid dienone is 4. The smallest absolute Gasteiger partial charge is 0.305 e. The Labute approximate surface area is 364 Å². The van der Waals surface area contributed by atoms with Crippen molar-refractivity contribution in [1.82, 2.24) is 0 Å². The van der Waals surface area contributed by atoms with E-state index >= 15 is 0 Å². The third-order valence-corrected chi connectivity index (χ3v) is 12.7. The van der Waals surface area contributed by atoms with Gasteiger partial charge in [0, 0.05) is 54.7 Å². The number of rotatable bonds is 30. The maximum absolute atomic E-state index is 12.9. The van der Waals surface area contributed by atoms with Gasteiger partial charge in [-0.05, 0) is 84.7 Å². The molecule has 1 aliphatic heterocycles. The molecule has 0 spiro atoms. The van der Waals surface area contributed by atoms with Gasteiger partial charge in [-0.15, -0.1) is 0 Å². The summed E-state index contributed by atoms with van der Waals surface area (Å²) < 4.78 is 0. The van der Waals surface area contributed by atoms with Crippen molar-refractivity contribution in [3.8, 4) is 0 Å². The first-order valence-corrected chi connectivity index (χ1v) is 23.6. The molecule has 1 unspecified atom stereocenters. The number of carboxylic acids is 2. The van der Waals surface area contributed by atoms with Crippen LogP contribution in [0.2, 0.25) is 0 Å². The van der Waals surface area contributed by atoms with Crippen LogP contribution >= 0.6 is 0 Å². The van der Waals surface area contributed by atoms with E-state index in [0.717, 1.165) is 81.1 Å². The number of amides is 1. The van der Waals surface area contributed by atoms with Crippen molar-refractivity contribution in [2.45, 2.75) is 182 Å². The van der Waals surface area contributed by atoms with Crippen molar-refractivity contribution in [1.29, 1.82) is 0 Å². The lowest BCUT2D eigenvalue weighted by atomic mass is 9.71. The zero-order valence-corrected chi connectivity index (χ0v) is 38.8. The zero-order chi connectivity index (χ0) is 44.1. The Balaban J connectivity index is 2.02. The number of nitrogens with zero attached hydrogens (tertiary/aromatic N) is 2. The van der Waals surface area contributed by atoms with Crippen molar-refractivity contribution in [3.05, 3.63) is 77.5 Å². The summed E-state index contributed by atoms with van der Waals surface area (Å²) in [5, 5.41) is 22.6. The van der Waals surface area contributed by atoms with Gasteiger partial charge in [-0.25, -0.2) is 0 Å². The molecule has 8 nitrogen and oxygen atoms in total. The second-order valence-electron chi connectivity index (χ2n) is 18.3. The molecule has 1 heterocycles. The number of anilines is 3. The highest BCUT2D eigenvalue weighted by molar-refractivity contribution is 5.92. The van der Waals surface area contributed by atoms with E-state index in [-0.39, 0.29) is 35.5 Å². The summed E-state index contributed by atoms with van der Waals surface area (Å²) in [6.07, 6.45) is 24.9. The van der Waals surface area contributed by atoms with E-state index < -0.39 is 11.9 Å². The van der Waals surface area contributed by atoms with Crippen LogP contribution in [-0.4, -0.2) is 47.7 Å². The molecule has 1 atom stereocenters. The number of carbonyl (C=O) groups excluding carboxylic acids is 1. The first-order valence-electron chi connectivity index (χ1n) is 23.6. The fourth-order valence-corrected chi connectivity index (χ4v) is 9.10. The van der Waals surface area contributed by atoms with Gasteiger partial charge in [-0.1, -0.05) is 156 Å². The van der Waals surface area contributed by atoms with Gasteiger partial charge < -0.3 is 25.3 Å². The van der Waals surface area contributed by atoms with Crippen LogP contribution in [0.4, 0.5) is 17.1 Å². The Morgan fingerprint density at radius 2 is 1.45 bits per heavy atom. The van der Waals surface area contributed by atoms with Crippen LogP contribution in [0.1, 0.15) is 182 Å². The lowest BCUT2D eigenvalue weighted by molar-refractivity contribution is -0.137. The molecule has 0 aromatic heterocycles. The number of unbranched alkanes of at least 4 members (excludes halogenated alkanes) is 9. The molecule has 60 heavy (non-hydrogen) atoms. The number of hydrogen-bond acceptors (Lipinski definition) is 5. The molecular formula is C52H81N3O5. The van der Waals surface area contributed by atoms with Crippen LogP contribution in [0, 0.1) is 11.8 Å². The molecule has 8 heteroatoms. The summed E-state index contributed by atoms with van der Waals surface area (Å²) in [5.74, 6) is -0.938. The summed E-state index contributed by atoms with van der Waals surface area (Å²) in [6.45, 7) is 18.8. The molecule has 0 saturated carbocycles. The Morgan fingerprint density at radius 1 is 0.833 bits per heavy atom. The van der Waals surface area contributed by atoms with Gasteiger partial charge in [0.1, 0.15) is 0 Å². The van der Waals surface area contributed by atoms with Crippen LogP contribution in [0.15, 0.2) is 66.4 Å². The zero-order valence-electron chi connectivity index (χ0n) is 38.8. The molecule has 2 aromatic carbocycles. The number of aliphatic carboxylic acids is 2. The normalized spacial score (nSPS) is 14.9. The molecule has 0 bridgehead atoms. The fraction of sp³-hybridized carbons (Fsp3) is 0.635. The third-order valence-electron chi connectivity index (χ3n) is 12.7. The second kappa shape index (κ2) is 25.6. The molecule has 334 valence electrons. The van der Waals surface area contributed by atoms with Gasteiger partial charge in [0.2, 0.25) is 5.91 Å². The molecule has 0 fully saturated rings. The van der Waals surface area contributed by atoms with E-state index in [9.17, 15) is 24.6 Å². The van der Waals surface area contributed by atoms with E-state index in [4.69, 9.17) is 0 Å². The lowest BCUT2D eigenvalue weighted by Gasteiger charge is -2.35. The number of carbonyl (C=O) groups is 3. The highest BCUT2D eigenvalue weighted by atomic mass is 16.4. The summed E-state index contributed by atoms with van der Waals surface area (Å²) in [7, 11) is 0. The van der Waals surface area contributed by atoms with Crippen molar-refractivity contribution in [2.24, 2.45) is 11.8 Å². The molecule has 3 rings (SSSR count). The van der Waals surface area contributed by atoms with Gasteiger partial charge in [0.05, 0.1) is 12.8 Å². The maximum atomic E-state index is 12.9. The van der Waals surface area contributed by atoms with E-state index in [2.05, 4.69) is 107 Å². The standard InChI is InChI=1S/C52H81N3O5/c1-9-12-15-20-34-52(35-21-16-13-10-2)44-25-18-19-26-47(44)55(38-32-50(59)60)48(52)30-27-42(40(4)5)24-23-33-51(7,8)45-39-43(28-29-46(45)53-36-31-49(57)58)54(41(6)56)37-22-17-14-11-3/h18-19,23-26,28-30,39-40,42,53H,9-17,20-22,27,31-38H2,1-8H3,(H,57,58)(H,59,60)/b24-23+,48-30+. The minimum atomic E-state index is -0.843. The summed E-state index contributed by atoms with van der Waals surface area (Å²) >= 11 is 0. The number of benzene rings is 2. The average molecular weight is 828 g/mol. The van der Waals surface area contributed by atoms with Crippen LogP contribution in [0.25, 0.3) is 0 Å². The Hall–Kier alpha value is -4.07. The van der Waals surface area contributed by atoms with Gasteiger partial charge in [-0.2, -0.15) is 0 Å². The molecule has 0 radical (unpaired) electrons. The molecule has 2 aromatic rings. The van der Waals surface area contributed by atoms with E-state index in [1.54, 1.807) is 6.92 Å². The number of fused-ring (bicyclic) bond motifs is 1. The van der Waals surface area contributed by atoms with Crippen LogP contribution in [-0.2, 0) is 25.2 Å². The van der Waals surface area contributed by atoms with Crippen molar-refractivity contribution in [3.63, 3.8) is 0 Å². The Kier molecular flexibility index (Phi) is 21.5. The van der Waals surface area contributed by atoms with Crippen LogP contribution in [0.3, 0.4) is 0 Å². The van der Waals surface area contributed by atoms with Gasteiger partial charge >= 0.3 is 11.9 Å². The Bertz CT molecular complexity index is 1680. The minimum Gasteiger partial charge on any atom is -0.481 e. The van der Waals surface area contributed by atoms with E-state index in [1.807, 2.05) is 17.0 Å². The second-order valence-corrected chi connectivity index (χ2v) is 18.3. The fourth-order valence-electron chi connectivity index (χ4n) is 9.10. The first-order chi connectivity index (χ1) is 28.7. The molecule has 0 aliphatic carbocycles. The summed E-state index contributed by atoms with van der Waals surface area (Å²) in [4.78, 5) is 40.6. The van der Waals surface area contributed by atoms with Crippen LogP contribution in [0.5, 0.6) is 0 Å². The Morgan fingerprint density at radius 3 is 2.03 bits per heavy atom. The molecular weight excluding hydrogens is 747 g/mol. The predicted octanol–water partition coefficient (Wildman–Crippen LogP) is 13.4. The van der Waals surface area contributed by atoms with Crippen molar-refractivity contribution < 1.29 is 24.6 Å². The monoisotopic (exact) mass is 828 g/mol. The van der Waals surface area contributed by atoms with Crippen molar-refractivity contribution >= 4 is 34.9 Å². The maximum Gasteiger partial charge on any atom is 0.305 e. The summed E-state index contributed by atoms with van der Waals surface area (Å²) in [5.41, 5.74) is 6.22. The van der Waals surface area contributed by atoms with Crippen LogP contribution < -0.4 is 15.1 Å². The first kappa shape index (κ1) is 50.3. The average Bonchev–Trinajstić information content (AvgIpc) is 3.46. The highest BCUT2D eigenvalue weighted by Gasteiger charge is 2.46. The van der Waals surface area contributed by atoms with E-state index in [1.165, 1.54) is 55.5 Å². The number of carboxylic acid groups (broad SMARTS) is 2.